The van der Waals surface area contributed by atoms with E-state index in [1.165, 1.54) is 6.20 Å². The molecule has 0 aliphatic rings. The van der Waals surface area contributed by atoms with Gasteiger partial charge in [0.25, 0.3) is 5.56 Å². The highest BCUT2D eigenvalue weighted by Crippen LogP contribution is 2.22. The van der Waals surface area contributed by atoms with E-state index in [1.54, 1.807) is 18.2 Å². The molecule has 1 heterocycles. The minimum Gasteiger partial charge on any atom is -0.305 e. The summed E-state index contributed by atoms with van der Waals surface area (Å²) < 4.78 is 0. The molecule has 0 saturated carbocycles. The van der Waals surface area contributed by atoms with E-state index in [4.69, 9.17) is 28.7 Å². The van der Waals surface area contributed by atoms with Crippen LogP contribution in [0.2, 0.25) is 10.0 Å². The van der Waals surface area contributed by atoms with Gasteiger partial charge in [-0.05, 0) is 28.3 Å². The Bertz CT molecular complexity index is 721. The van der Waals surface area contributed by atoms with E-state index in [0.29, 0.717) is 22.0 Å². The largest absolute Gasteiger partial charge is 0.305 e. The van der Waals surface area contributed by atoms with Crippen molar-refractivity contribution in [2.24, 2.45) is 5.11 Å². The van der Waals surface area contributed by atoms with Crippen molar-refractivity contribution in [3.63, 3.8) is 0 Å². The fourth-order valence-electron chi connectivity index (χ4n) is 1.50. The molecule has 0 aliphatic heterocycles. The summed E-state index contributed by atoms with van der Waals surface area (Å²) in [7, 11) is 0. The smallest absolute Gasteiger partial charge is 0.254 e. The van der Waals surface area contributed by atoms with Gasteiger partial charge in [-0.1, -0.05) is 29.3 Å². The van der Waals surface area contributed by atoms with Gasteiger partial charge in [0.1, 0.15) is 0 Å². The van der Waals surface area contributed by atoms with Gasteiger partial charge in [0.05, 0.1) is 0 Å². The SMILES string of the molecule is [N-]=[N+]=Nc1ncc(Cc2ccc(Cl)cc2Cl)c(=O)[nH]1. The molecule has 2 aromatic rings. The predicted octanol–water partition coefficient (Wildman–Crippen LogP) is 3.61. The number of hydrogen-bond donors (Lipinski definition) is 1. The molecule has 0 amide bonds. The second-order valence-corrected chi connectivity index (χ2v) is 4.51. The number of aromatic amines is 1. The van der Waals surface area contributed by atoms with Crippen LogP contribution in [-0.4, -0.2) is 9.97 Å². The zero-order valence-corrected chi connectivity index (χ0v) is 11.0. The van der Waals surface area contributed by atoms with Crippen LogP contribution in [0, 0.1) is 0 Å². The third-order valence-electron chi connectivity index (χ3n) is 2.40. The maximum absolute atomic E-state index is 11.7. The first-order valence-corrected chi connectivity index (χ1v) is 5.93. The minimum atomic E-state index is -0.372. The van der Waals surface area contributed by atoms with Crippen LogP contribution in [-0.2, 0) is 6.42 Å². The van der Waals surface area contributed by atoms with Crippen molar-refractivity contribution < 1.29 is 0 Å². The lowest BCUT2D eigenvalue weighted by atomic mass is 10.1. The predicted molar refractivity (Wildman–Crippen MR) is 72.9 cm³/mol. The van der Waals surface area contributed by atoms with E-state index in [0.717, 1.165) is 5.56 Å². The molecule has 6 nitrogen and oxygen atoms in total. The molecular weight excluding hydrogens is 289 g/mol. The Morgan fingerprint density at radius 1 is 1.37 bits per heavy atom. The summed E-state index contributed by atoms with van der Waals surface area (Å²) in [5.74, 6) is -0.0709. The second kappa shape index (κ2) is 5.75. The summed E-state index contributed by atoms with van der Waals surface area (Å²) >= 11 is 11.8. The molecule has 19 heavy (non-hydrogen) atoms. The highest BCUT2D eigenvalue weighted by atomic mass is 35.5. The minimum absolute atomic E-state index is 0.0709. The fraction of sp³-hybridized carbons (Fsp3) is 0.0909. The molecule has 0 radical (unpaired) electrons. The van der Waals surface area contributed by atoms with Crippen molar-refractivity contribution in [3.8, 4) is 0 Å². The molecule has 1 N–H and O–H groups in total. The quantitative estimate of drug-likeness (QED) is 0.532. The molecule has 0 saturated heterocycles. The Morgan fingerprint density at radius 3 is 2.79 bits per heavy atom. The van der Waals surface area contributed by atoms with E-state index in [-0.39, 0.29) is 11.5 Å². The number of nitrogens with zero attached hydrogens (tertiary/aromatic N) is 4. The van der Waals surface area contributed by atoms with Gasteiger partial charge in [-0.25, -0.2) is 4.98 Å². The van der Waals surface area contributed by atoms with Crippen LogP contribution in [0.1, 0.15) is 11.1 Å². The summed E-state index contributed by atoms with van der Waals surface area (Å²) in [6, 6.07) is 5.04. The molecule has 1 aromatic carbocycles. The molecule has 8 heteroatoms. The normalized spacial score (nSPS) is 10.0. The van der Waals surface area contributed by atoms with Crippen LogP contribution < -0.4 is 5.56 Å². The topological polar surface area (TPSA) is 94.5 Å². The van der Waals surface area contributed by atoms with E-state index in [2.05, 4.69) is 20.0 Å². The van der Waals surface area contributed by atoms with Crippen LogP contribution in [0.15, 0.2) is 34.3 Å². The number of nitrogens with one attached hydrogen (secondary N) is 1. The lowest BCUT2D eigenvalue weighted by Crippen LogP contribution is -2.13. The molecular formula is C11H7Cl2N5O. The molecule has 0 bridgehead atoms. The standard InChI is InChI=1S/C11H7Cl2N5O/c12-8-2-1-6(9(13)4-8)3-7-5-15-11(17-18-14)16-10(7)19/h1-2,4-5H,3H2,(H,15,16,19). The van der Waals surface area contributed by atoms with E-state index < -0.39 is 0 Å². The fourth-order valence-corrected chi connectivity index (χ4v) is 1.98. The number of halogens is 2. The Morgan fingerprint density at radius 2 is 2.16 bits per heavy atom. The van der Waals surface area contributed by atoms with Gasteiger partial charge in [0, 0.05) is 33.1 Å². The van der Waals surface area contributed by atoms with Crippen molar-refractivity contribution in [3.05, 3.63) is 66.4 Å². The van der Waals surface area contributed by atoms with Gasteiger partial charge in [0.15, 0.2) is 5.95 Å². The van der Waals surface area contributed by atoms with Gasteiger partial charge in [0.2, 0.25) is 0 Å². The van der Waals surface area contributed by atoms with Crippen LogP contribution in [0.5, 0.6) is 0 Å². The van der Waals surface area contributed by atoms with E-state index >= 15 is 0 Å². The van der Waals surface area contributed by atoms with Crippen molar-refractivity contribution >= 4 is 29.2 Å². The number of hydrogen-bond acceptors (Lipinski definition) is 3. The summed E-state index contributed by atoms with van der Waals surface area (Å²) in [4.78, 5) is 20.5. The Balaban J connectivity index is 2.33. The first kappa shape index (κ1) is 13.4. The molecule has 0 aliphatic carbocycles. The van der Waals surface area contributed by atoms with Crippen LogP contribution in [0.3, 0.4) is 0 Å². The number of H-pyrrole nitrogens is 1. The van der Waals surface area contributed by atoms with Crippen molar-refractivity contribution in [1.29, 1.82) is 0 Å². The van der Waals surface area contributed by atoms with Crippen molar-refractivity contribution in [2.75, 3.05) is 0 Å². The van der Waals surface area contributed by atoms with Gasteiger partial charge in [-0.3, -0.25) is 4.79 Å². The third-order valence-corrected chi connectivity index (χ3v) is 2.98. The van der Waals surface area contributed by atoms with Crippen LogP contribution in [0.4, 0.5) is 5.95 Å². The molecule has 0 spiro atoms. The average molecular weight is 296 g/mol. The van der Waals surface area contributed by atoms with Crippen molar-refractivity contribution in [2.45, 2.75) is 6.42 Å². The summed E-state index contributed by atoms with van der Waals surface area (Å²) in [5, 5.41) is 4.22. The second-order valence-electron chi connectivity index (χ2n) is 3.66. The maximum atomic E-state index is 11.7. The van der Waals surface area contributed by atoms with Crippen LogP contribution >= 0.6 is 23.2 Å². The summed E-state index contributed by atoms with van der Waals surface area (Å²) in [5.41, 5.74) is 9.05. The van der Waals surface area contributed by atoms with Gasteiger partial charge >= 0.3 is 0 Å². The first-order chi connectivity index (χ1) is 9.10. The monoisotopic (exact) mass is 295 g/mol. The highest BCUT2D eigenvalue weighted by Gasteiger charge is 2.07. The zero-order chi connectivity index (χ0) is 13.8. The number of rotatable bonds is 3. The molecule has 2 rings (SSSR count). The molecule has 0 fully saturated rings. The molecule has 0 unspecified atom stereocenters. The number of azide groups is 1. The van der Waals surface area contributed by atoms with Crippen molar-refractivity contribution in [1.82, 2.24) is 9.97 Å². The molecule has 1 aromatic heterocycles. The Kier molecular flexibility index (Phi) is 4.06. The molecule has 96 valence electrons. The molecule has 0 atom stereocenters. The average Bonchev–Trinajstić information content (AvgIpc) is 2.36. The highest BCUT2D eigenvalue weighted by molar-refractivity contribution is 6.35. The maximum Gasteiger partial charge on any atom is 0.254 e. The lowest BCUT2D eigenvalue weighted by Gasteiger charge is -2.04. The lowest BCUT2D eigenvalue weighted by molar-refractivity contribution is 1.01. The van der Waals surface area contributed by atoms with Gasteiger partial charge in [-0.15, -0.1) is 0 Å². The first-order valence-electron chi connectivity index (χ1n) is 5.17. The van der Waals surface area contributed by atoms with Gasteiger partial charge < -0.3 is 4.98 Å². The van der Waals surface area contributed by atoms with E-state index in [9.17, 15) is 4.79 Å². The van der Waals surface area contributed by atoms with Gasteiger partial charge in [-0.2, -0.15) is 0 Å². The third kappa shape index (κ3) is 3.26. The number of aromatic nitrogens is 2. The summed E-state index contributed by atoms with van der Waals surface area (Å²) in [6.07, 6.45) is 1.67. The van der Waals surface area contributed by atoms with E-state index in [1.807, 2.05) is 0 Å². The van der Waals surface area contributed by atoms with Crippen LogP contribution in [0.25, 0.3) is 10.4 Å². The summed E-state index contributed by atoms with van der Waals surface area (Å²) in [6.45, 7) is 0. The Labute approximate surface area is 117 Å². The zero-order valence-electron chi connectivity index (χ0n) is 9.47. The Hall–Kier alpha value is -2.01. The number of benzene rings is 1.